The number of H-pyrrole nitrogens is 1. The second-order valence-electron chi connectivity index (χ2n) is 6.54. The number of nitrogens with one attached hydrogen (secondary N) is 1. The maximum absolute atomic E-state index is 12.7. The first-order chi connectivity index (χ1) is 12.0. The van der Waals surface area contributed by atoms with Crippen molar-refractivity contribution in [2.45, 2.75) is 39.0 Å². The van der Waals surface area contributed by atoms with Gasteiger partial charge in [0.1, 0.15) is 11.3 Å². The first kappa shape index (κ1) is 17.2. The van der Waals surface area contributed by atoms with Crippen LogP contribution in [0.3, 0.4) is 0 Å². The fourth-order valence-corrected chi connectivity index (χ4v) is 3.32. The minimum absolute atomic E-state index is 0.0405. The number of ether oxygens (including phenoxy) is 1. The van der Waals surface area contributed by atoms with Gasteiger partial charge in [-0.05, 0) is 37.8 Å². The van der Waals surface area contributed by atoms with E-state index in [4.69, 9.17) is 4.74 Å². The van der Waals surface area contributed by atoms with E-state index in [1.165, 1.54) is 31.4 Å². The fraction of sp³-hybridized carbons (Fsp3) is 0.421. The van der Waals surface area contributed by atoms with E-state index in [0.717, 1.165) is 12.8 Å². The Morgan fingerprint density at radius 1 is 1.32 bits per heavy atom. The summed E-state index contributed by atoms with van der Waals surface area (Å²) >= 11 is 0. The maximum atomic E-state index is 12.7. The quantitative estimate of drug-likeness (QED) is 0.833. The van der Waals surface area contributed by atoms with Gasteiger partial charge >= 0.3 is 11.7 Å². The van der Waals surface area contributed by atoms with Crippen molar-refractivity contribution in [2.24, 2.45) is 5.92 Å². The van der Waals surface area contributed by atoms with Crippen molar-refractivity contribution < 1.29 is 14.6 Å². The van der Waals surface area contributed by atoms with Crippen molar-refractivity contribution in [3.05, 3.63) is 46.0 Å². The molecule has 0 aliphatic heterocycles. The van der Waals surface area contributed by atoms with Gasteiger partial charge in [-0.2, -0.15) is 4.98 Å². The highest BCUT2D eigenvalue weighted by atomic mass is 16.5. The van der Waals surface area contributed by atoms with E-state index in [2.05, 4.69) is 9.97 Å². The zero-order valence-corrected chi connectivity index (χ0v) is 14.2. The standard InChI is InChI=1S/C19H22N2O4/c1-12-16(18(23)25-11-13-6-3-2-4-7-13)17(21-19(24)20-12)14-8-5-9-15(22)10-14/h5,8-10,13,22H,2-4,6-7,11H2,1H3,(H,20,21,24). The molecule has 3 rings (SSSR count). The summed E-state index contributed by atoms with van der Waals surface area (Å²) in [4.78, 5) is 30.9. The van der Waals surface area contributed by atoms with Crippen LogP contribution in [0.4, 0.5) is 0 Å². The van der Waals surface area contributed by atoms with Crippen molar-refractivity contribution in [3.63, 3.8) is 0 Å². The molecule has 0 spiro atoms. The highest BCUT2D eigenvalue weighted by Crippen LogP contribution is 2.27. The molecule has 2 N–H and O–H groups in total. The summed E-state index contributed by atoms with van der Waals surface area (Å²) < 4.78 is 5.52. The van der Waals surface area contributed by atoms with Crippen LogP contribution in [-0.2, 0) is 4.74 Å². The average Bonchev–Trinajstić information content (AvgIpc) is 2.60. The van der Waals surface area contributed by atoms with Crippen LogP contribution in [0.15, 0.2) is 29.1 Å². The average molecular weight is 342 g/mol. The number of phenols is 1. The Bertz CT molecular complexity index is 822. The van der Waals surface area contributed by atoms with Gasteiger partial charge in [0.05, 0.1) is 12.3 Å². The van der Waals surface area contributed by atoms with Gasteiger partial charge in [0.25, 0.3) is 0 Å². The zero-order valence-electron chi connectivity index (χ0n) is 14.2. The molecule has 0 unspecified atom stereocenters. The number of esters is 1. The molecule has 1 aliphatic rings. The molecule has 6 nitrogen and oxygen atoms in total. The summed E-state index contributed by atoms with van der Waals surface area (Å²) in [5, 5.41) is 9.69. The van der Waals surface area contributed by atoms with E-state index in [1.807, 2.05) is 0 Å². The normalized spacial score (nSPS) is 15.1. The summed E-state index contributed by atoms with van der Waals surface area (Å²) in [7, 11) is 0. The van der Waals surface area contributed by atoms with E-state index in [0.29, 0.717) is 23.8 Å². The predicted molar refractivity (Wildman–Crippen MR) is 93.6 cm³/mol. The number of hydrogen-bond donors (Lipinski definition) is 2. The van der Waals surface area contributed by atoms with E-state index in [1.54, 1.807) is 19.1 Å². The lowest BCUT2D eigenvalue weighted by molar-refractivity contribution is 0.0409. The number of aromatic hydroxyl groups is 1. The van der Waals surface area contributed by atoms with Crippen molar-refractivity contribution in [3.8, 4) is 17.0 Å². The first-order valence-corrected chi connectivity index (χ1v) is 8.62. The number of phenolic OH excluding ortho intramolecular Hbond substituents is 1. The molecule has 0 radical (unpaired) electrons. The topological polar surface area (TPSA) is 92.3 Å². The molecule has 0 atom stereocenters. The lowest BCUT2D eigenvalue weighted by Gasteiger charge is -2.21. The Morgan fingerprint density at radius 3 is 2.80 bits per heavy atom. The van der Waals surface area contributed by atoms with E-state index >= 15 is 0 Å². The number of carbonyl (C=O) groups is 1. The van der Waals surface area contributed by atoms with Crippen LogP contribution in [0, 0.1) is 12.8 Å². The second kappa shape index (κ2) is 7.51. The molecule has 1 fully saturated rings. The summed E-state index contributed by atoms with van der Waals surface area (Å²) in [5.74, 6) is -0.0538. The number of nitrogens with zero attached hydrogens (tertiary/aromatic N) is 1. The molecule has 1 aromatic carbocycles. The number of aryl methyl sites for hydroxylation is 1. The van der Waals surface area contributed by atoms with Crippen molar-refractivity contribution >= 4 is 5.97 Å². The molecule has 1 heterocycles. The Labute approximate surface area is 145 Å². The van der Waals surface area contributed by atoms with E-state index in [9.17, 15) is 14.7 Å². The zero-order chi connectivity index (χ0) is 17.8. The fourth-order valence-electron chi connectivity index (χ4n) is 3.32. The van der Waals surface area contributed by atoms with Crippen molar-refractivity contribution in [1.82, 2.24) is 9.97 Å². The Kier molecular flexibility index (Phi) is 5.16. The van der Waals surface area contributed by atoms with Crippen LogP contribution in [0.25, 0.3) is 11.3 Å². The van der Waals surface area contributed by atoms with Crippen LogP contribution < -0.4 is 5.69 Å². The van der Waals surface area contributed by atoms with Crippen molar-refractivity contribution in [1.29, 1.82) is 0 Å². The SMILES string of the molecule is Cc1[nH]c(=O)nc(-c2cccc(O)c2)c1C(=O)OCC1CCCCC1. The third-order valence-corrected chi connectivity index (χ3v) is 4.62. The molecule has 2 aromatic rings. The van der Waals surface area contributed by atoms with Crippen LogP contribution in [-0.4, -0.2) is 27.7 Å². The second-order valence-corrected chi connectivity index (χ2v) is 6.54. The van der Waals surface area contributed by atoms with Gasteiger partial charge in [0.15, 0.2) is 0 Å². The highest BCUT2D eigenvalue weighted by molar-refractivity contribution is 5.97. The van der Waals surface area contributed by atoms with Gasteiger partial charge in [-0.1, -0.05) is 31.4 Å². The number of aromatic nitrogens is 2. The molecule has 0 bridgehead atoms. The molecule has 6 heteroatoms. The number of aromatic amines is 1. The Morgan fingerprint density at radius 2 is 2.08 bits per heavy atom. The molecule has 0 amide bonds. The van der Waals surface area contributed by atoms with Crippen LogP contribution in [0.1, 0.15) is 48.2 Å². The molecule has 25 heavy (non-hydrogen) atoms. The van der Waals surface area contributed by atoms with E-state index in [-0.39, 0.29) is 17.0 Å². The lowest BCUT2D eigenvalue weighted by Crippen LogP contribution is -2.22. The molecule has 132 valence electrons. The number of hydrogen-bond acceptors (Lipinski definition) is 5. The van der Waals surface area contributed by atoms with Crippen molar-refractivity contribution in [2.75, 3.05) is 6.61 Å². The van der Waals surface area contributed by atoms with Gasteiger partial charge < -0.3 is 14.8 Å². The lowest BCUT2D eigenvalue weighted by atomic mass is 9.90. The molecular formula is C19H22N2O4. The van der Waals surface area contributed by atoms with Gasteiger partial charge in [0.2, 0.25) is 0 Å². The summed E-state index contributed by atoms with van der Waals surface area (Å²) in [5.41, 5.74) is 0.831. The Balaban J connectivity index is 1.89. The van der Waals surface area contributed by atoms with Crippen LogP contribution >= 0.6 is 0 Å². The predicted octanol–water partition coefficient (Wildman–Crippen LogP) is 3.19. The molecule has 1 aromatic heterocycles. The molecule has 1 saturated carbocycles. The number of benzene rings is 1. The molecule has 1 aliphatic carbocycles. The van der Waals surface area contributed by atoms with E-state index < -0.39 is 11.7 Å². The summed E-state index contributed by atoms with van der Waals surface area (Å²) in [6.45, 7) is 2.03. The molecular weight excluding hydrogens is 320 g/mol. The third kappa shape index (κ3) is 4.07. The third-order valence-electron chi connectivity index (χ3n) is 4.62. The molecule has 0 saturated heterocycles. The smallest absolute Gasteiger partial charge is 0.345 e. The van der Waals surface area contributed by atoms with Gasteiger partial charge in [0, 0.05) is 11.3 Å². The minimum atomic E-state index is -0.542. The maximum Gasteiger partial charge on any atom is 0.345 e. The van der Waals surface area contributed by atoms with Crippen LogP contribution in [0.5, 0.6) is 5.75 Å². The largest absolute Gasteiger partial charge is 0.508 e. The number of carbonyl (C=O) groups excluding carboxylic acids is 1. The number of rotatable bonds is 4. The van der Waals surface area contributed by atoms with Gasteiger partial charge in [-0.15, -0.1) is 0 Å². The summed E-state index contributed by atoms with van der Waals surface area (Å²) in [6, 6.07) is 6.32. The van der Waals surface area contributed by atoms with Gasteiger partial charge in [-0.3, -0.25) is 0 Å². The minimum Gasteiger partial charge on any atom is -0.508 e. The Hall–Kier alpha value is -2.63. The monoisotopic (exact) mass is 342 g/mol. The van der Waals surface area contributed by atoms with Crippen LogP contribution in [0.2, 0.25) is 0 Å². The highest BCUT2D eigenvalue weighted by Gasteiger charge is 2.22. The first-order valence-electron chi connectivity index (χ1n) is 8.62. The summed E-state index contributed by atoms with van der Waals surface area (Å²) in [6.07, 6.45) is 5.76. The van der Waals surface area contributed by atoms with Gasteiger partial charge in [-0.25, -0.2) is 9.59 Å².